The number of nitrogens with one attached hydrogen (secondary N) is 1. The molecular formula is C14H18FN3. The normalized spacial score (nSPS) is 12.6. The first kappa shape index (κ1) is 12.8. The molecule has 3 nitrogen and oxygen atoms in total. The summed E-state index contributed by atoms with van der Waals surface area (Å²) in [7, 11) is 0. The van der Waals surface area contributed by atoms with Crippen molar-refractivity contribution in [2.24, 2.45) is 0 Å². The molecule has 0 saturated heterocycles. The maximum atomic E-state index is 13.0. The van der Waals surface area contributed by atoms with Crippen LogP contribution >= 0.6 is 0 Å². The van der Waals surface area contributed by atoms with E-state index in [9.17, 15) is 4.39 Å². The monoisotopic (exact) mass is 247 g/mol. The average molecular weight is 247 g/mol. The van der Waals surface area contributed by atoms with Gasteiger partial charge in [0.1, 0.15) is 5.82 Å². The summed E-state index contributed by atoms with van der Waals surface area (Å²) in [5, 5.41) is 7.70. The van der Waals surface area contributed by atoms with Crippen LogP contribution in [0.1, 0.15) is 31.1 Å². The van der Waals surface area contributed by atoms with E-state index in [2.05, 4.69) is 24.3 Å². The fraction of sp³-hybridized carbons (Fsp3) is 0.357. The highest BCUT2D eigenvalue weighted by atomic mass is 19.1. The van der Waals surface area contributed by atoms with Crippen LogP contribution < -0.4 is 5.32 Å². The van der Waals surface area contributed by atoms with Gasteiger partial charge in [0, 0.05) is 12.7 Å². The van der Waals surface area contributed by atoms with E-state index in [1.54, 1.807) is 6.20 Å². The Kier molecular flexibility index (Phi) is 4.10. The molecule has 0 aliphatic rings. The molecule has 96 valence electrons. The topological polar surface area (TPSA) is 29.9 Å². The molecule has 2 aromatic rings. The lowest BCUT2D eigenvalue weighted by Crippen LogP contribution is -2.24. The SMILES string of the molecule is CCNC(c1ccc(F)cc1)c1ccnn1CC. The number of hydrogen-bond donors (Lipinski definition) is 1. The van der Waals surface area contributed by atoms with Gasteiger partial charge in [0.2, 0.25) is 0 Å². The first-order valence-electron chi connectivity index (χ1n) is 6.26. The molecule has 18 heavy (non-hydrogen) atoms. The van der Waals surface area contributed by atoms with Gasteiger partial charge in [0.25, 0.3) is 0 Å². The minimum Gasteiger partial charge on any atom is -0.305 e. The van der Waals surface area contributed by atoms with E-state index in [1.807, 2.05) is 22.9 Å². The highest BCUT2D eigenvalue weighted by Crippen LogP contribution is 2.22. The first-order valence-corrected chi connectivity index (χ1v) is 6.26. The quantitative estimate of drug-likeness (QED) is 0.880. The standard InChI is InChI=1S/C14H18FN3/c1-3-16-14(11-5-7-12(15)8-6-11)13-9-10-17-18(13)4-2/h5-10,14,16H,3-4H2,1-2H3. The molecule has 2 rings (SSSR count). The van der Waals surface area contributed by atoms with Crippen molar-refractivity contribution in [3.8, 4) is 0 Å². The molecule has 0 radical (unpaired) electrons. The van der Waals surface area contributed by atoms with Gasteiger partial charge in [-0.25, -0.2) is 4.39 Å². The van der Waals surface area contributed by atoms with Gasteiger partial charge in [-0.2, -0.15) is 5.10 Å². The summed E-state index contributed by atoms with van der Waals surface area (Å²) in [6, 6.07) is 8.67. The first-order chi connectivity index (χ1) is 8.76. The zero-order valence-corrected chi connectivity index (χ0v) is 10.7. The van der Waals surface area contributed by atoms with Crippen molar-refractivity contribution in [3.63, 3.8) is 0 Å². The van der Waals surface area contributed by atoms with E-state index in [-0.39, 0.29) is 11.9 Å². The Labute approximate surface area is 107 Å². The zero-order chi connectivity index (χ0) is 13.0. The minimum absolute atomic E-state index is 0.0537. The zero-order valence-electron chi connectivity index (χ0n) is 10.7. The maximum absolute atomic E-state index is 13.0. The molecular weight excluding hydrogens is 229 g/mol. The molecule has 0 aliphatic carbocycles. The Balaban J connectivity index is 2.36. The van der Waals surface area contributed by atoms with Gasteiger partial charge in [0.05, 0.1) is 11.7 Å². The predicted octanol–water partition coefficient (Wildman–Crippen LogP) is 2.74. The van der Waals surface area contributed by atoms with Gasteiger partial charge in [-0.15, -0.1) is 0 Å². The second-order valence-electron chi connectivity index (χ2n) is 4.11. The van der Waals surface area contributed by atoms with E-state index < -0.39 is 0 Å². The van der Waals surface area contributed by atoms with E-state index in [0.717, 1.165) is 24.3 Å². The van der Waals surface area contributed by atoms with Crippen molar-refractivity contribution < 1.29 is 4.39 Å². The minimum atomic E-state index is -0.210. The lowest BCUT2D eigenvalue weighted by Gasteiger charge is -2.19. The summed E-state index contributed by atoms with van der Waals surface area (Å²) < 4.78 is 14.9. The van der Waals surface area contributed by atoms with Gasteiger partial charge >= 0.3 is 0 Å². The predicted molar refractivity (Wildman–Crippen MR) is 69.8 cm³/mol. The highest BCUT2D eigenvalue weighted by Gasteiger charge is 2.16. The third-order valence-corrected chi connectivity index (χ3v) is 2.96. The van der Waals surface area contributed by atoms with Crippen molar-refractivity contribution in [3.05, 3.63) is 53.6 Å². The molecule has 1 N–H and O–H groups in total. The van der Waals surface area contributed by atoms with Gasteiger partial charge in [-0.05, 0) is 37.2 Å². The van der Waals surface area contributed by atoms with E-state index in [0.29, 0.717) is 0 Å². The van der Waals surface area contributed by atoms with Crippen LogP contribution in [0.25, 0.3) is 0 Å². The van der Waals surface area contributed by atoms with E-state index in [1.165, 1.54) is 12.1 Å². The lowest BCUT2D eigenvalue weighted by atomic mass is 10.0. The highest BCUT2D eigenvalue weighted by molar-refractivity contribution is 5.28. The molecule has 0 saturated carbocycles. The molecule has 4 heteroatoms. The summed E-state index contributed by atoms with van der Waals surface area (Å²) in [6.45, 7) is 5.79. The van der Waals surface area contributed by atoms with Crippen molar-refractivity contribution in [1.82, 2.24) is 15.1 Å². The second-order valence-corrected chi connectivity index (χ2v) is 4.11. The van der Waals surface area contributed by atoms with E-state index in [4.69, 9.17) is 0 Å². The molecule has 1 atom stereocenters. The van der Waals surface area contributed by atoms with Crippen LogP contribution in [-0.4, -0.2) is 16.3 Å². The largest absolute Gasteiger partial charge is 0.305 e. The number of hydrogen-bond acceptors (Lipinski definition) is 2. The Bertz CT molecular complexity index is 490. The van der Waals surface area contributed by atoms with Crippen LogP contribution in [0.15, 0.2) is 36.5 Å². The van der Waals surface area contributed by atoms with Crippen LogP contribution in [0, 0.1) is 5.82 Å². The average Bonchev–Trinajstić information content (AvgIpc) is 2.85. The number of aromatic nitrogens is 2. The summed E-state index contributed by atoms with van der Waals surface area (Å²) in [6.07, 6.45) is 1.80. The number of benzene rings is 1. The van der Waals surface area contributed by atoms with Gasteiger partial charge < -0.3 is 5.32 Å². The van der Waals surface area contributed by atoms with Gasteiger partial charge in [-0.3, -0.25) is 4.68 Å². The van der Waals surface area contributed by atoms with Crippen LogP contribution in [0.3, 0.4) is 0 Å². The lowest BCUT2D eigenvalue weighted by molar-refractivity contribution is 0.541. The smallest absolute Gasteiger partial charge is 0.123 e. The van der Waals surface area contributed by atoms with Gasteiger partial charge in [-0.1, -0.05) is 19.1 Å². The number of rotatable bonds is 5. The number of aryl methyl sites for hydroxylation is 1. The Morgan fingerprint density at radius 3 is 2.56 bits per heavy atom. The molecule has 0 aliphatic heterocycles. The summed E-state index contributed by atoms with van der Waals surface area (Å²) in [5.41, 5.74) is 2.15. The van der Waals surface area contributed by atoms with Crippen LogP contribution in [0.4, 0.5) is 4.39 Å². The summed E-state index contributed by atoms with van der Waals surface area (Å²) in [4.78, 5) is 0. The van der Waals surface area contributed by atoms with Crippen molar-refractivity contribution >= 4 is 0 Å². The van der Waals surface area contributed by atoms with Crippen molar-refractivity contribution in [2.75, 3.05) is 6.54 Å². The molecule has 1 aromatic heterocycles. The number of halogens is 1. The Hall–Kier alpha value is -1.68. The van der Waals surface area contributed by atoms with Crippen molar-refractivity contribution in [2.45, 2.75) is 26.4 Å². The van der Waals surface area contributed by atoms with Crippen molar-refractivity contribution in [1.29, 1.82) is 0 Å². The molecule has 0 fully saturated rings. The van der Waals surface area contributed by atoms with Gasteiger partial charge in [0.15, 0.2) is 0 Å². The maximum Gasteiger partial charge on any atom is 0.123 e. The van der Waals surface area contributed by atoms with Crippen LogP contribution in [0.5, 0.6) is 0 Å². The number of nitrogens with zero attached hydrogens (tertiary/aromatic N) is 2. The molecule has 1 unspecified atom stereocenters. The Morgan fingerprint density at radius 2 is 1.94 bits per heavy atom. The molecule has 0 spiro atoms. The van der Waals surface area contributed by atoms with E-state index >= 15 is 0 Å². The van der Waals surface area contributed by atoms with Crippen LogP contribution in [0.2, 0.25) is 0 Å². The third kappa shape index (κ3) is 2.59. The van der Waals surface area contributed by atoms with Crippen LogP contribution in [-0.2, 0) is 6.54 Å². The fourth-order valence-corrected chi connectivity index (χ4v) is 2.10. The molecule has 0 amide bonds. The second kappa shape index (κ2) is 5.78. The Morgan fingerprint density at radius 1 is 1.22 bits per heavy atom. The summed E-state index contributed by atoms with van der Waals surface area (Å²) in [5.74, 6) is -0.210. The fourth-order valence-electron chi connectivity index (χ4n) is 2.10. The summed E-state index contributed by atoms with van der Waals surface area (Å²) >= 11 is 0. The molecule has 1 heterocycles. The third-order valence-electron chi connectivity index (χ3n) is 2.96. The molecule has 1 aromatic carbocycles. The molecule has 0 bridgehead atoms.